The Balaban J connectivity index is 1.84. The van der Waals surface area contributed by atoms with Crippen LogP contribution >= 0.6 is 0 Å². The number of nitrogens with one attached hydrogen (secondary N) is 2. The van der Waals surface area contributed by atoms with Gasteiger partial charge in [0.15, 0.2) is 0 Å². The van der Waals surface area contributed by atoms with Gasteiger partial charge in [0.2, 0.25) is 0 Å². The topological polar surface area (TPSA) is 75.3 Å². The van der Waals surface area contributed by atoms with Crippen molar-refractivity contribution in [2.75, 3.05) is 10.0 Å². The van der Waals surface area contributed by atoms with E-state index in [-0.39, 0.29) is 16.9 Å². The number of alkyl halides is 3. The number of carbonyl (C=O) groups is 1. The van der Waals surface area contributed by atoms with Gasteiger partial charge in [0.25, 0.3) is 15.9 Å². The molecule has 3 rings (SSSR count). The highest BCUT2D eigenvalue weighted by Crippen LogP contribution is 2.31. The summed E-state index contributed by atoms with van der Waals surface area (Å²) in [6, 6.07) is 10.7. The minimum absolute atomic E-state index is 0.171. The molecule has 0 saturated carbocycles. The van der Waals surface area contributed by atoms with Crippen molar-refractivity contribution in [1.82, 2.24) is 0 Å². The number of benzene rings is 3. The molecule has 1 amide bonds. The SMILES string of the molecule is O=C(Nc1ccc(F)cc1F)c1cccc(S(=O)(=O)Nc2cccc(C(F)(F)F)c2)c1. The maximum Gasteiger partial charge on any atom is 0.416 e. The van der Waals surface area contributed by atoms with Crippen molar-refractivity contribution in [1.29, 1.82) is 0 Å². The van der Waals surface area contributed by atoms with E-state index >= 15 is 0 Å². The van der Waals surface area contributed by atoms with E-state index in [0.29, 0.717) is 12.1 Å². The van der Waals surface area contributed by atoms with Crippen LogP contribution in [-0.2, 0) is 16.2 Å². The highest BCUT2D eigenvalue weighted by atomic mass is 32.2. The summed E-state index contributed by atoms with van der Waals surface area (Å²) in [5.41, 5.74) is -1.85. The minimum atomic E-state index is -4.66. The lowest BCUT2D eigenvalue weighted by Gasteiger charge is -2.12. The Hall–Kier alpha value is -3.47. The second-order valence-electron chi connectivity index (χ2n) is 6.29. The van der Waals surface area contributed by atoms with E-state index in [9.17, 15) is 35.2 Å². The lowest BCUT2D eigenvalue weighted by Crippen LogP contribution is -2.16. The van der Waals surface area contributed by atoms with Crippen LogP contribution in [0, 0.1) is 11.6 Å². The summed E-state index contributed by atoms with van der Waals surface area (Å²) in [4.78, 5) is 11.9. The second kappa shape index (κ2) is 8.34. The van der Waals surface area contributed by atoms with Gasteiger partial charge >= 0.3 is 6.18 Å². The Morgan fingerprint density at radius 1 is 0.871 bits per heavy atom. The Labute approximate surface area is 173 Å². The normalized spacial score (nSPS) is 11.8. The van der Waals surface area contributed by atoms with Gasteiger partial charge in [-0.15, -0.1) is 0 Å². The van der Waals surface area contributed by atoms with Gasteiger partial charge < -0.3 is 5.32 Å². The fraction of sp³-hybridized carbons (Fsp3) is 0.0500. The zero-order valence-electron chi connectivity index (χ0n) is 15.4. The summed E-state index contributed by atoms with van der Waals surface area (Å²) in [6.07, 6.45) is -4.66. The molecule has 162 valence electrons. The molecule has 0 fully saturated rings. The molecule has 3 aromatic rings. The molecular weight excluding hydrogens is 443 g/mol. The predicted octanol–water partition coefficient (Wildman–Crippen LogP) is 5.04. The van der Waals surface area contributed by atoms with E-state index in [0.717, 1.165) is 42.5 Å². The molecule has 0 atom stereocenters. The van der Waals surface area contributed by atoms with Crippen LogP contribution in [-0.4, -0.2) is 14.3 Å². The summed E-state index contributed by atoms with van der Waals surface area (Å²) in [5.74, 6) is -2.74. The molecule has 0 radical (unpaired) electrons. The predicted molar refractivity (Wildman–Crippen MR) is 103 cm³/mol. The average Bonchev–Trinajstić information content (AvgIpc) is 2.69. The maximum absolute atomic E-state index is 13.7. The number of halogens is 5. The first-order valence-corrected chi connectivity index (χ1v) is 10.0. The fourth-order valence-electron chi connectivity index (χ4n) is 2.56. The highest BCUT2D eigenvalue weighted by Gasteiger charge is 2.30. The first-order chi connectivity index (χ1) is 14.5. The fourth-order valence-corrected chi connectivity index (χ4v) is 3.66. The van der Waals surface area contributed by atoms with Crippen molar-refractivity contribution < 1.29 is 35.2 Å². The van der Waals surface area contributed by atoms with Crippen LogP contribution in [0.2, 0.25) is 0 Å². The zero-order valence-corrected chi connectivity index (χ0v) is 16.2. The third-order valence-electron chi connectivity index (χ3n) is 4.03. The van der Waals surface area contributed by atoms with Crippen molar-refractivity contribution >= 4 is 27.3 Å². The number of carbonyl (C=O) groups excluding carboxylic acids is 1. The van der Waals surface area contributed by atoms with Crippen molar-refractivity contribution in [3.8, 4) is 0 Å². The Bertz CT molecular complexity index is 1240. The highest BCUT2D eigenvalue weighted by molar-refractivity contribution is 7.92. The second-order valence-corrected chi connectivity index (χ2v) is 7.97. The Morgan fingerprint density at radius 3 is 2.26 bits per heavy atom. The summed E-state index contributed by atoms with van der Waals surface area (Å²) >= 11 is 0. The molecule has 0 unspecified atom stereocenters. The van der Waals surface area contributed by atoms with Gasteiger partial charge in [-0.2, -0.15) is 13.2 Å². The number of anilines is 2. The summed E-state index contributed by atoms with van der Waals surface area (Å²) < 4.78 is 92.3. The molecule has 0 aliphatic rings. The summed E-state index contributed by atoms with van der Waals surface area (Å²) in [7, 11) is -4.34. The third kappa shape index (κ3) is 5.37. The molecule has 2 N–H and O–H groups in total. The van der Waals surface area contributed by atoms with Gasteiger partial charge in [-0.05, 0) is 48.5 Å². The Kier molecular flexibility index (Phi) is 5.98. The van der Waals surface area contributed by atoms with E-state index < -0.39 is 44.2 Å². The van der Waals surface area contributed by atoms with Crippen LogP contribution in [0.15, 0.2) is 71.6 Å². The number of sulfonamides is 1. The first kappa shape index (κ1) is 22.2. The molecule has 0 aromatic heterocycles. The third-order valence-corrected chi connectivity index (χ3v) is 5.41. The smallest absolute Gasteiger partial charge is 0.319 e. The van der Waals surface area contributed by atoms with Crippen LogP contribution < -0.4 is 10.0 Å². The maximum atomic E-state index is 13.7. The number of hydrogen-bond acceptors (Lipinski definition) is 3. The van der Waals surface area contributed by atoms with Crippen LogP contribution in [0.5, 0.6) is 0 Å². The zero-order chi connectivity index (χ0) is 22.8. The van der Waals surface area contributed by atoms with Crippen LogP contribution in [0.1, 0.15) is 15.9 Å². The van der Waals surface area contributed by atoms with Crippen LogP contribution in [0.3, 0.4) is 0 Å². The molecule has 11 heteroatoms. The van der Waals surface area contributed by atoms with E-state index in [4.69, 9.17) is 0 Å². The van der Waals surface area contributed by atoms with Crippen LogP contribution in [0.4, 0.5) is 33.3 Å². The standard InChI is InChI=1S/C20H13F5N2O3S/c21-14-7-8-18(17(22)11-14)26-19(28)12-3-1-6-16(9-12)31(29,30)27-15-5-2-4-13(10-15)20(23,24)25/h1-11,27H,(H,26,28). The molecule has 31 heavy (non-hydrogen) atoms. The van der Waals surface area contributed by atoms with Gasteiger partial charge in [0.1, 0.15) is 11.6 Å². The largest absolute Gasteiger partial charge is 0.416 e. The number of amides is 1. The molecule has 0 bridgehead atoms. The molecule has 0 spiro atoms. The van der Waals surface area contributed by atoms with Gasteiger partial charge in [-0.25, -0.2) is 17.2 Å². The monoisotopic (exact) mass is 456 g/mol. The lowest BCUT2D eigenvalue weighted by atomic mass is 10.2. The molecule has 0 heterocycles. The summed E-state index contributed by atoms with van der Waals surface area (Å²) in [6.45, 7) is 0. The first-order valence-electron chi connectivity index (χ1n) is 8.52. The molecule has 0 saturated heterocycles. The van der Waals surface area contributed by atoms with E-state index in [1.54, 1.807) is 0 Å². The molecule has 0 aliphatic carbocycles. The van der Waals surface area contributed by atoms with Crippen molar-refractivity contribution in [2.45, 2.75) is 11.1 Å². The van der Waals surface area contributed by atoms with Crippen molar-refractivity contribution in [2.24, 2.45) is 0 Å². The summed E-state index contributed by atoms with van der Waals surface area (Å²) in [5, 5.41) is 2.19. The molecule has 3 aromatic carbocycles. The quantitative estimate of drug-likeness (QED) is 0.529. The average molecular weight is 456 g/mol. The van der Waals surface area contributed by atoms with Gasteiger partial charge in [-0.1, -0.05) is 12.1 Å². The van der Waals surface area contributed by atoms with Crippen molar-refractivity contribution in [3.05, 3.63) is 89.5 Å². The molecule has 5 nitrogen and oxygen atoms in total. The van der Waals surface area contributed by atoms with Gasteiger partial charge in [0, 0.05) is 17.3 Å². The van der Waals surface area contributed by atoms with E-state index in [1.807, 2.05) is 4.72 Å². The van der Waals surface area contributed by atoms with E-state index in [1.165, 1.54) is 12.1 Å². The van der Waals surface area contributed by atoms with Crippen LogP contribution in [0.25, 0.3) is 0 Å². The Morgan fingerprint density at radius 2 is 1.58 bits per heavy atom. The molecule has 0 aliphatic heterocycles. The van der Waals surface area contributed by atoms with E-state index in [2.05, 4.69) is 5.32 Å². The lowest BCUT2D eigenvalue weighted by molar-refractivity contribution is -0.137. The molecular formula is C20H13F5N2O3S. The van der Waals surface area contributed by atoms with Gasteiger partial charge in [-0.3, -0.25) is 9.52 Å². The number of hydrogen-bond donors (Lipinski definition) is 2. The van der Waals surface area contributed by atoms with Crippen molar-refractivity contribution in [3.63, 3.8) is 0 Å². The van der Waals surface area contributed by atoms with Gasteiger partial charge in [0.05, 0.1) is 16.1 Å². The minimum Gasteiger partial charge on any atom is -0.319 e. The number of rotatable bonds is 5.